The van der Waals surface area contributed by atoms with Crippen molar-refractivity contribution >= 4 is 40.8 Å². The lowest BCUT2D eigenvalue weighted by atomic mass is 10.3. The molecule has 0 amide bonds. The first-order valence-electron chi connectivity index (χ1n) is 3.71. The smallest absolute Gasteiger partial charge is 0.360 e. The van der Waals surface area contributed by atoms with Gasteiger partial charge in [0.15, 0.2) is 0 Å². The lowest BCUT2D eigenvalue weighted by Gasteiger charge is -2.12. The SMILES string of the molecule is NC(Oc1cc(Cl)c(Cl)cc1Cl)C(=O)O. The minimum absolute atomic E-state index is 0.0703. The fourth-order valence-electron chi connectivity index (χ4n) is 0.782. The van der Waals surface area contributed by atoms with E-state index >= 15 is 0 Å². The number of ether oxygens (including phenoxy) is 1. The van der Waals surface area contributed by atoms with Crippen LogP contribution in [0.2, 0.25) is 15.1 Å². The van der Waals surface area contributed by atoms with E-state index in [1.807, 2.05) is 0 Å². The highest BCUT2D eigenvalue weighted by Gasteiger charge is 2.16. The first-order chi connectivity index (χ1) is 6.91. The number of hydrogen-bond donors (Lipinski definition) is 2. The Hall–Kier alpha value is -0.680. The van der Waals surface area contributed by atoms with Crippen LogP contribution in [-0.4, -0.2) is 17.3 Å². The predicted molar refractivity (Wildman–Crippen MR) is 57.7 cm³/mol. The zero-order chi connectivity index (χ0) is 11.6. The molecule has 0 heterocycles. The topological polar surface area (TPSA) is 72.5 Å². The van der Waals surface area contributed by atoms with E-state index in [1.54, 1.807) is 0 Å². The van der Waals surface area contributed by atoms with E-state index in [0.717, 1.165) is 0 Å². The molecule has 15 heavy (non-hydrogen) atoms. The van der Waals surface area contributed by atoms with Crippen molar-refractivity contribution in [1.82, 2.24) is 0 Å². The Bertz CT molecular complexity index is 397. The number of nitrogens with two attached hydrogens (primary N) is 1. The summed E-state index contributed by atoms with van der Waals surface area (Å²) in [4.78, 5) is 10.4. The van der Waals surface area contributed by atoms with E-state index in [0.29, 0.717) is 0 Å². The maximum atomic E-state index is 10.4. The van der Waals surface area contributed by atoms with Gasteiger partial charge in [-0.1, -0.05) is 34.8 Å². The lowest BCUT2D eigenvalue weighted by molar-refractivity contribution is -0.144. The molecule has 0 saturated heterocycles. The third kappa shape index (κ3) is 3.14. The summed E-state index contributed by atoms with van der Waals surface area (Å²) < 4.78 is 4.85. The number of carbonyl (C=O) groups is 1. The number of halogens is 3. The van der Waals surface area contributed by atoms with Gasteiger partial charge in [0.1, 0.15) is 5.75 Å². The molecule has 0 spiro atoms. The van der Waals surface area contributed by atoms with Gasteiger partial charge in [-0.2, -0.15) is 0 Å². The molecule has 82 valence electrons. The minimum Gasteiger partial charge on any atom is -0.477 e. The zero-order valence-electron chi connectivity index (χ0n) is 7.21. The van der Waals surface area contributed by atoms with Crippen molar-refractivity contribution in [2.75, 3.05) is 0 Å². The quantitative estimate of drug-likeness (QED) is 0.653. The third-order valence-corrected chi connectivity index (χ3v) is 2.49. The Kier molecular flexibility index (Phi) is 4.04. The second-order valence-corrected chi connectivity index (χ2v) is 3.80. The molecule has 0 aliphatic heterocycles. The van der Waals surface area contributed by atoms with Crippen LogP contribution < -0.4 is 10.5 Å². The summed E-state index contributed by atoms with van der Waals surface area (Å²) in [6.07, 6.45) is -1.50. The molecule has 0 saturated carbocycles. The molecule has 0 aliphatic rings. The van der Waals surface area contributed by atoms with Gasteiger partial charge in [0.2, 0.25) is 6.23 Å². The van der Waals surface area contributed by atoms with E-state index < -0.39 is 12.2 Å². The van der Waals surface area contributed by atoms with E-state index in [2.05, 4.69) is 0 Å². The van der Waals surface area contributed by atoms with Crippen LogP contribution in [0.15, 0.2) is 12.1 Å². The van der Waals surface area contributed by atoms with E-state index in [-0.39, 0.29) is 20.8 Å². The molecule has 0 aliphatic carbocycles. The highest BCUT2D eigenvalue weighted by molar-refractivity contribution is 6.43. The van der Waals surface area contributed by atoms with Crippen LogP contribution in [0, 0.1) is 0 Å². The zero-order valence-corrected chi connectivity index (χ0v) is 9.47. The summed E-state index contributed by atoms with van der Waals surface area (Å²) in [5.74, 6) is -1.24. The average molecular weight is 270 g/mol. The fourth-order valence-corrected chi connectivity index (χ4v) is 1.36. The predicted octanol–water partition coefficient (Wildman–Crippen LogP) is 2.39. The highest BCUT2D eigenvalue weighted by Crippen LogP contribution is 2.34. The van der Waals surface area contributed by atoms with Gasteiger partial charge in [-0.3, -0.25) is 5.73 Å². The van der Waals surface area contributed by atoms with Crippen LogP contribution in [0.1, 0.15) is 0 Å². The number of carboxylic acid groups (broad SMARTS) is 1. The summed E-state index contributed by atoms with van der Waals surface area (Å²) in [6.45, 7) is 0. The van der Waals surface area contributed by atoms with Crippen LogP contribution in [0.25, 0.3) is 0 Å². The molecule has 4 nitrogen and oxygen atoms in total. The van der Waals surface area contributed by atoms with Crippen molar-refractivity contribution in [3.63, 3.8) is 0 Å². The third-order valence-electron chi connectivity index (χ3n) is 1.47. The number of rotatable bonds is 3. The molecule has 0 bridgehead atoms. The number of carboxylic acids is 1. The largest absolute Gasteiger partial charge is 0.477 e. The van der Waals surface area contributed by atoms with Crippen molar-refractivity contribution in [2.45, 2.75) is 6.23 Å². The van der Waals surface area contributed by atoms with Crippen molar-refractivity contribution < 1.29 is 14.6 Å². The van der Waals surface area contributed by atoms with Gasteiger partial charge >= 0.3 is 5.97 Å². The van der Waals surface area contributed by atoms with Gasteiger partial charge in [-0.05, 0) is 6.07 Å². The number of benzene rings is 1. The van der Waals surface area contributed by atoms with Gasteiger partial charge < -0.3 is 9.84 Å². The van der Waals surface area contributed by atoms with Crippen molar-refractivity contribution in [2.24, 2.45) is 5.73 Å². The minimum atomic E-state index is -1.50. The molecule has 1 rings (SSSR count). The van der Waals surface area contributed by atoms with Gasteiger partial charge in [0, 0.05) is 6.07 Å². The summed E-state index contributed by atoms with van der Waals surface area (Å²) >= 11 is 17.1. The average Bonchev–Trinajstić information content (AvgIpc) is 2.13. The van der Waals surface area contributed by atoms with Crippen LogP contribution in [-0.2, 0) is 4.79 Å². The van der Waals surface area contributed by atoms with Gasteiger partial charge in [-0.25, -0.2) is 4.79 Å². The first kappa shape index (κ1) is 12.4. The maximum absolute atomic E-state index is 10.4. The van der Waals surface area contributed by atoms with Gasteiger partial charge in [0.25, 0.3) is 0 Å². The van der Waals surface area contributed by atoms with Gasteiger partial charge in [-0.15, -0.1) is 0 Å². The van der Waals surface area contributed by atoms with Crippen molar-refractivity contribution in [1.29, 1.82) is 0 Å². The molecule has 0 aromatic heterocycles. The van der Waals surface area contributed by atoms with E-state index in [9.17, 15) is 4.79 Å². The van der Waals surface area contributed by atoms with E-state index in [1.165, 1.54) is 12.1 Å². The molecule has 1 aromatic rings. The van der Waals surface area contributed by atoms with Crippen LogP contribution >= 0.6 is 34.8 Å². The normalized spacial score (nSPS) is 12.3. The Morgan fingerprint density at radius 2 is 1.80 bits per heavy atom. The molecule has 1 aromatic carbocycles. The molecule has 1 unspecified atom stereocenters. The molecular weight excluding hydrogens is 264 g/mol. The van der Waals surface area contributed by atoms with Gasteiger partial charge in [0.05, 0.1) is 15.1 Å². The molecule has 0 fully saturated rings. The summed E-state index contributed by atoms with van der Waals surface area (Å²) in [7, 11) is 0. The second-order valence-electron chi connectivity index (χ2n) is 2.57. The van der Waals surface area contributed by atoms with Crippen LogP contribution in [0.4, 0.5) is 0 Å². The lowest BCUT2D eigenvalue weighted by Crippen LogP contribution is -2.35. The summed E-state index contributed by atoms with van der Waals surface area (Å²) in [5.41, 5.74) is 5.15. The van der Waals surface area contributed by atoms with E-state index in [4.69, 9.17) is 50.4 Å². The Balaban J connectivity index is 2.95. The highest BCUT2D eigenvalue weighted by atomic mass is 35.5. The van der Waals surface area contributed by atoms with Crippen LogP contribution in [0.3, 0.4) is 0 Å². The second kappa shape index (κ2) is 4.90. The first-order valence-corrected chi connectivity index (χ1v) is 4.85. The standard InChI is InChI=1S/C8H6Cl3NO3/c9-3-1-5(11)6(2-4(3)10)15-7(12)8(13)14/h1-2,7H,12H2,(H,13,14). The molecule has 1 atom stereocenters. The summed E-state index contributed by atoms with van der Waals surface area (Å²) in [6, 6.07) is 2.64. The fraction of sp³-hybridized carbons (Fsp3) is 0.125. The van der Waals surface area contributed by atoms with Crippen molar-refractivity contribution in [3.8, 4) is 5.75 Å². The number of aliphatic carboxylic acids is 1. The number of hydrogen-bond acceptors (Lipinski definition) is 3. The summed E-state index contributed by atoms with van der Waals surface area (Å²) in [5, 5.41) is 9.10. The molecule has 3 N–H and O–H groups in total. The Morgan fingerprint density at radius 3 is 2.33 bits per heavy atom. The van der Waals surface area contributed by atoms with Crippen molar-refractivity contribution in [3.05, 3.63) is 27.2 Å². The molecular formula is C8H6Cl3NO3. The maximum Gasteiger partial charge on any atom is 0.360 e. The van der Waals surface area contributed by atoms with Crippen LogP contribution in [0.5, 0.6) is 5.75 Å². The monoisotopic (exact) mass is 269 g/mol. The Labute approximate surface area is 100 Å². The Morgan fingerprint density at radius 1 is 1.27 bits per heavy atom. The molecule has 7 heteroatoms. The molecule has 0 radical (unpaired) electrons.